The van der Waals surface area contributed by atoms with E-state index in [1.807, 2.05) is 60.7 Å². The Labute approximate surface area is 289 Å². The molecule has 8 nitrogen and oxygen atoms in total. The van der Waals surface area contributed by atoms with Crippen molar-refractivity contribution in [3.05, 3.63) is 125 Å². The second-order valence-corrected chi connectivity index (χ2v) is 13.2. The average Bonchev–Trinajstić information content (AvgIpc) is 3.09. The Morgan fingerprint density at radius 2 is 1.50 bits per heavy atom. The highest BCUT2D eigenvalue weighted by Gasteiger charge is 2.51. The molecule has 5 rings (SSSR count). The fourth-order valence-electron chi connectivity index (χ4n) is 5.84. The topological polar surface area (TPSA) is 90.9 Å². The van der Waals surface area contributed by atoms with E-state index >= 15 is 0 Å². The summed E-state index contributed by atoms with van der Waals surface area (Å²) in [6.07, 6.45) is -4.79. The number of imide groups is 1. The van der Waals surface area contributed by atoms with Crippen LogP contribution in [0, 0.1) is 0 Å². The first-order chi connectivity index (χ1) is 23.7. The van der Waals surface area contributed by atoms with Crippen LogP contribution >= 0.6 is 0 Å². The Morgan fingerprint density at radius 3 is 2.12 bits per heavy atom. The number of nitrogens with zero attached hydrogens (tertiary/aromatic N) is 1. The van der Waals surface area contributed by atoms with E-state index in [4.69, 9.17) is 14.2 Å². The van der Waals surface area contributed by atoms with Crippen molar-refractivity contribution in [3.63, 3.8) is 0 Å². The fraction of sp³-hybridized carbons (Fsp3) is 0.308. The second-order valence-electron chi connectivity index (χ2n) is 13.2. The van der Waals surface area contributed by atoms with Gasteiger partial charge in [0.25, 0.3) is 0 Å². The number of esters is 1. The molecule has 0 aromatic heterocycles. The van der Waals surface area contributed by atoms with Crippen molar-refractivity contribution >= 4 is 18.1 Å². The lowest BCUT2D eigenvalue weighted by atomic mass is 9.96. The number of amides is 3. The van der Waals surface area contributed by atoms with Crippen molar-refractivity contribution in [2.75, 3.05) is 20.2 Å². The maximum atomic E-state index is 14.1. The molecule has 1 aliphatic heterocycles. The van der Waals surface area contributed by atoms with Crippen molar-refractivity contribution in [2.24, 2.45) is 0 Å². The summed E-state index contributed by atoms with van der Waals surface area (Å²) in [6.45, 7) is 5.13. The molecule has 0 saturated carbocycles. The van der Waals surface area contributed by atoms with E-state index in [-0.39, 0.29) is 26.2 Å². The zero-order valence-corrected chi connectivity index (χ0v) is 28.4. The number of hydrogen-bond acceptors (Lipinski definition) is 6. The van der Waals surface area contributed by atoms with Crippen LogP contribution in [-0.4, -0.2) is 48.4 Å². The third kappa shape index (κ3) is 8.52. The number of ether oxygens (including phenoxy) is 3. The number of benzene rings is 4. The molecular formula is C39H40F3N2O6+. The van der Waals surface area contributed by atoms with E-state index in [1.54, 1.807) is 32.9 Å². The van der Waals surface area contributed by atoms with Crippen LogP contribution in [0.3, 0.4) is 0 Å². The van der Waals surface area contributed by atoms with Crippen LogP contribution in [0.2, 0.25) is 0 Å². The van der Waals surface area contributed by atoms with Gasteiger partial charge in [-0.3, -0.25) is 4.79 Å². The van der Waals surface area contributed by atoms with Crippen molar-refractivity contribution in [1.82, 2.24) is 5.32 Å². The van der Waals surface area contributed by atoms with Gasteiger partial charge in [-0.1, -0.05) is 72.8 Å². The summed E-state index contributed by atoms with van der Waals surface area (Å²) >= 11 is 0. The summed E-state index contributed by atoms with van der Waals surface area (Å²) in [5.74, 6) is -0.951. The summed E-state index contributed by atoms with van der Waals surface area (Å²) in [5, 5.41) is 2.85. The molecule has 1 N–H and O–H groups in total. The van der Waals surface area contributed by atoms with Gasteiger partial charge in [0.15, 0.2) is 0 Å². The highest BCUT2D eigenvalue weighted by atomic mass is 19.4. The molecule has 0 aliphatic carbocycles. The van der Waals surface area contributed by atoms with Gasteiger partial charge in [0.2, 0.25) is 0 Å². The molecule has 4 aromatic carbocycles. The lowest BCUT2D eigenvalue weighted by Gasteiger charge is -2.37. The molecule has 1 aliphatic rings. The Bertz CT molecular complexity index is 1820. The summed E-state index contributed by atoms with van der Waals surface area (Å²) in [7, 11) is 1.28. The Balaban J connectivity index is 1.35. The normalized spacial score (nSPS) is 16.5. The number of halogens is 3. The van der Waals surface area contributed by atoms with Gasteiger partial charge in [-0.15, -0.1) is 4.48 Å². The number of urea groups is 1. The van der Waals surface area contributed by atoms with Crippen molar-refractivity contribution in [1.29, 1.82) is 0 Å². The lowest BCUT2D eigenvalue weighted by molar-refractivity contribution is -0.795. The minimum absolute atomic E-state index is 0.0186. The van der Waals surface area contributed by atoms with Crippen LogP contribution < -0.4 is 10.1 Å². The molecule has 50 heavy (non-hydrogen) atoms. The molecule has 0 bridgehead atoms. The number of carbonyl (C=O) groups is 3. The smallest absolute Gasteiger partial charge is 0.489 e. The van der Waals surface area contributed by atoms with Gasteiger partial charge in [-0.2, -0.15) is 18.0 Å². The Hall–Kier alpha value is -5.16. The van der Waals surface area contributed by atoms with Crippen LogP contribution in [0.15, 0.2) is 97.1 Å². The number of rotatable bonds is 8. The van der Waals surface area contributed by atoms with Gasteiger partial charge in [0, 0.05) is 18.5 Å². The fourth-order valence-corrected chi connectivity index (χ4v) is 5.84. The van der Waals surface area contributed by atoms with E-state index < -0.39 is 45.8 Å². The van der Waals surface area contributed by atoms with E-state index in [0.717, 1.165) is 28.8 Å². The minimum atomic E-state index is -4.43. The first-order valence-electron chi connectivity index (χ1n) is 16.2. The Morgan fingerprint density at radius 1 is 0.840 bits per heavy atom. The van der Waals surface area contributed by atoms with Gasteiger partial charge in [0.1, 0.15) is 31.0 Å². The maximum absolute atomic E-state index is 14.1. The number of alkyl halides is 3. The summed E-state index contributed by atoms with van der Waals surface area (Å²) in [4.78, 5) is 40.9. The quantitative estimate of drug-likeness (QED) is 0.148. The first kappa shape index (κ1) is 36.1. The third-order valence-electron chi connectivity index (χ3n) is 8.56. The number of nitrogens with one attached hydrogen (secondary N) is 1. The molecule has 0 spiro atoms. The zero-order chi connectivity index (χ0) is 36.1. The second kappa shape index (κ2) is 14.8. The van der Waals surface area contributed by atoms with Crippen LogP contribution in [0.5, 0.6) is 5.75 Å². The van der Waals surface area contributed by atoms with Crippen LogP contribution in [0.1, 0.15) is 54.5 Å². The van der Waals surface area contributed by atoms with Crippen molar-refractivity contribution < 1.29 is 46.2 Å². The van der Waals surface area contributed by atoms with Gasteiger partial charge in [-0.25, -0.2) is 4.79 Å². The standard InChI is InChI=1S/C39H39F3N2O6/c1-38(2,3)50-37(47)44(36(46)43-23-34(35(45)48-4)30-14-12-28(13-15-30)27-8-6-5-7-9-27)21-20-29-16-19-33(22-31(29)24-44)49-25-26-10-17-32(18-11-26)39(40,41)42/h5-19,22,34H,20-21,23-25H2,1-4H3/p+1. The molecule has 4 aromatic rings. The molecule has 2 atom stereocenters. The summed E-state index contributed by atoms with van der Waals surface area (Å²) in [5.41, 5.74) is 3.14. The minimum Gasteiger partial charge on any atom is -0.489 e. The number of fused-ring (bicyclic) bond motifs is 1. The number of hydrogen-bond donors (Lipinski definition) is 1. The van der Waals surface area contributed by atoms with Crippen LogP contribution in [0.4, 0.5) is 22.8 Å². The Kier molecular flexibility index (Phi) is 10.7. The van der Waals surface area contributed by atoms with Gasteiger partial charge >= 0.3 is 24.3 Å². The van der Waals surface area contributed by atoms with Crippen LogP contribution in [0.25, 0.3) is 11.1 Å². The average molecular weight is 690 g/mol. The van der Waals surface area contributed by atoms with Gasteiger partial charge in [-0.05, 0) is 72.9 Å². The molecule has 262 valence electrons. The molecule has 0 saturated heterocycles. The van der Waals surface area contributed by atoms with Gasteiger partial charge < -0.3 is 19.5 Å². The van der Waals surface area contributed by atoms with Crippen molar-refractivity contribution in [3.8, 4) is 16.9 Å². The summed E-state index contributed by atoms with van der Waals surface area (Å²) < 4.78 is 55.0. The predicted octanol–water partition coefficient (Wildman–Crippen LogP) is 8.43. The maximum Gasteiger partial charge on any atom is 0.526 e. The van der Waals surface area contributed by atoms with Crippen LogP contribution in [-0.2, 0) is 40.0 Å². The third-order valence-corrected chi connectivity index (χ3v) is 8.56. The monoisotopic (exact) mass is 689 g/mol. The predicted molar refractivity (Wildman–Crippen MR) is 181 cm³/mol. The largest absolute Gasteiger partial charge is 0.526 e. The van der Waals surface area contributed by atoms with Crippen molar-refractivity contribution in [2.45, 2.75) is 58.0 Å². The molecule has 0 radical (unpaired) electrons. The SMILES string of the molecule is COC(=O)C(CNC(=O)[N+]1(C(=O)OC(C)(C)C)CCc2ccc(OCc3ccc(C(F)(F)F)cc3)cc2C1)c1ccc(-c2ccccc2)cc1. The zero-order valence-electron chi connectivity index (χ0n) is 28.4. The van der Waals surface area contributed by atoms with E-state index in [0.29, 0.717) is 28.9 Å². The molecule has 1 heterocycles. The molecule has 3 amide bonds. The van der Waals surface area contributed by atoms with Gasteiger partial charge in [0.05, 0.1) is 18.6 Å². The molecular weight excluding hydrogens is 649 g/mol. The highest BCUT2D eigenvalue weighted by Crippen LogP contribution is 2.33. The summed E-state index contributed by atoms with van der Waals surface area (Å²) in [6, 6.07) is 26.6. The first-order valence-corrected chi connectivity index (χ1v) is 16.2. The lowest BCUT2D eigenvalue weighted by Crippen LogP contribution is -2.63. The van der Waals surface area contributed by atoms with E-state index in [2.05, 4.69) is 5.32 Å². The number of quaternary nitrogens is 1. The van der Waals surface area contributed by atoms with E-state index in [1.165, 1.54) is 19.2 Å². The molecule has 11 heteroatoms. The molecule has 0 fully saturated rings. The molecule has 2 unspecified atom stereocenters. The van der Waals surface area contributed by atoms with E-state index in [9.17, 15) is 27.6 Å². The number of methoxy groups -OCH3 is 1. The highest BCUT2D eigenvalue weighted by molar-refractivity contribution is 5.83. The number of carbonyl (C=O) groups excluding carboxylic acids is 3.